The largest absolute Gasteiger partial charge is 0.381 e. The lowest BCUT2D eigenvalue weighted by molar-refractivity contribution is -0.192. The van der Waals surface area contributed by atoms with Crippen molar-refractivity contribution in [3.63, 3.8) is 0 Å². The second kappa shape index (κ2) is 4.49. The number of aliphatic hydroxyl groups excluding tert-OH is 1. The molecule has 0 aromatic carbocycles. The second-order valence-corrected chi connectivity index (χ2v) is 4.24. The third kappa shape index (κ3) is 2.49. The quantitative estimate of drug-likeness (QED) is 0.803. The maximum atomic E-state index is 12.7. The Labute approximate surface area is 88.4 Å². The number of halogens is 4. The molecule has 1 aromatic heterocycles. The van der Waals surface area contributed by atoms with Crippen molar-refractivity contribution in [3.05, 3.63) is 21.9 Å². The number of rotatable bonds is 4. The van der Waals surface area contributed by atoms with Crippen LogP contribution in [0.15, 0.2) is 12.1 Å². The molecule has 86 valence electrons. The first-order valence-electron chi connectivity index (χ1n) is 4.32. The molecule has 15 heavy (non-hydrogen) atoms. The number of hydrogen-bond donors (Lipinski definition) is 1. The van der Waals surface area contributed by atoms with E-state index in [1.807, 2.05) is 6.92 Å². The number of thiophene rings is 1. The Morgan fingerprint density at radius 2 is 2.00 bits per heavy atom. The van der Waals surface area contributed by atoms with Crippen molar-refractivity contribution in [3.8, 4) is 0 Å². The zero-order valence-electron chi connectivity index (χ0n) is 7.88. The van der Waals surface area contributed by atoms with Gasteiger partial charge in [-0.15, -0.1) is 11.3 Å². The van der Waals surface area contributed by atoms with E-state index >= 15 is 0 Å². The van der Waals surface area contributed by atoms with Crippen LogP contribution in [0.4, 0.5) is 17.6 Å². The SMILES string of the molecule is CCc1ccc(C(O)C(F)(F)C(F)F)s1. The molecule has 1 rings (SSSR count). The molecule has 0 saturated carbocycles. The molecule has 0 bridgehead atoms. The first-order valence-corrected chi connectivity index (χ1v) is 5.13. The van der Waals surface area contributed by atoms with Gasteiger partial charge in [0, 0.05) is 9.75 Å². The standard InChI is InChI=1S/C9H10F4OS/c1-2-5-3-4-6(15-5)7(14)9(12,13)8(10)11/h3-4,7-8,14H,2H2,1H3. The van der Waals surface area contributed by atoms with Gasteiger partial charge in [0.1, 0.15) is 0 Å². The van der Waals surface area contributed by atoms with Gasteiger partial charge in [0.05, 0.1) is 0 Å². The lowest BCUT2D eigenvalue weighted by atomic mass is 10.1. The van der Waals surface area contributed by atoms with Gasteiger partial charge < -0.3 is 5.11 Å². The molecule has 0 spiro atoms. The molecule has 0 aliphatic carbocycles. The molecule has 0 aliphatic rings. The highest BCUT2D eigenvalue weighted by Crippen LogP contribution is 2.39. The average molecular weight is 242 g/mol. The van der Waals surface area contributed by atoms with Crippen LogP contribution in [-0.2, 0) is 6.42 Å². The van der Waals surface area contributed by atoms with E-state index in [1.54, 1.807) is 6.07 Å². The van der Waals surface area contributed by atoms with Gasteiger partial charge in [-0.25, -0.2) is 8.78 Å². The summed E-state index contributed by atoms with van der Waals surface area (Å²) in [5.41, 5.74) is 0. The Kier molecular flexibility index (Phi) is 3.72. The second-order valence-electron chi connectivity index (χ2n) is 3.04. The highest BCUT2D eigenvalue weighted by atomic mass is 32.1. The molecule has 1 atom stereocenters. The zero-order chi connectivity index (χ0) is 11.6. The van der Waals surface area contributed by atoms with E-state index in [9.17, 15) is 17.6 Å². The van der Waals surface area contributed by atoms with Crippen molar-refractivity contribution in [2.75, 3.05) is 0 Å². The summed E-state index contributed by atoms with van der Waals surface area (Å²) in [6.07, 6.45) is -5.67. The van der Waals surface area contributed by atoms with Gasteiger partial charge in [-0.3, -0.25) is 0 Å². The maximum Gasteiger partial charge on any atom is 0.337 e. The normalized spacial score (nSPS) is 14.6. The van der Waals surface area contributed by atoms with Crippen LogP contribution in [-0.4, -0.2) is 17.5 Å². The predicted octanol–water partition coefficient (Wildman–Crippen LogP) is 3.24. The monoisotopic (exact) mass is 242 g/mol. The fraction of sp³-hybridized carbons (Fsp3) is 0.556. The first kappa shape index (κ1) is 12.4. The average Bonchev–Trinajstić information content (AvgIpc) is 2.64. The Bertz CT molecular complexity index is 324. The minimum atomic E-state index is -4.39. The van der Waals surface area contributed by atoms with Crippen molar-refractivity contribution in [2.45, 2.75) is 31.8 Å². The maximum absolute atomic E-state index is 12.7. The number of alkyl halides is 4. The molecule has 1 aromatic rings. The van der Waals surface area contributed by atoms with Gasteiger partial charge in [0.25, 0.3) is 0 Å². The summed E-state index contributed by atoms with van der Waals surface area (Å²) < 4.78 is 49.4. The number of aryl methyl sites for hydroxylation is 1. The Balaban J connectivity index is 2.88. The molecular weight excluding hydrogens is 232 g/mol. The minimum Gasteiger partial charge on any atom is -0.381 e. The number of hydrogen-bond acceptors (Lipinski definition) is 2. The molecule has 6 heteroatoms. The molecule has 1 unspecified atom stereocenters. The zero-order valence-corrected chi connectivity index (χ0v) is 8.70. The molecule has 0 saturated heterocycles. The van der Waals surface area contributed by atoms with Crippen LogP contribution >= 0.6 is 11.3 Å². The predicted molar refractivity (Wildman–Crippen MR) is 49.6 cm³/mol. The smallest absolute Gasteiger partial charge is 0.337 e. The highest BCUT2D eigenvalue weighted by molar-refractivity contribution is 7.12. The van der Waals surface area contributed by atoms with Crippen LogP contribution < -0.4 is 0 Å². The van der Waals surface area contributed by atoms with Crippen molar-refractivity contribution in [1.29, 1.82) is 0 Å². The van der Waals surface area contributed by atoms with Crippen molar-refractivity contribution in [2.24, 2.45) is 0 Å². The van der Waals surface area contributed by atoms with Crippen LogP contribution in [0.3, 0.4) is 0 Å². The van der Waals surface area contributed by atoms with Crippen LogP contribution in [0.2, 0.25) is 0 Å². The Hall–Kier alpha value is -0.620. The lowest BCUT2D eigenvalue weighted by Crippen LogP contribution is -2.33. The molecular formula is C9H10F4OS. The number of aliphatic hydroxyl groups is 1. The van der Waals surface area contributed by atoms with E-state index < -0.39 is 18.5 Å². The summed E-state index contributed by atoms with van der Waals surface area (Å²) in [4.78, 5) is 0.645. The lowest BCUT2D eigenvalue weighted by Gasteiger charge is -2.20. The van der Waals surface area contributed by atoms with Crippen molar-refractivity contribution in [1.82, 2.24) is 0 Å². The molecule has 1 N–H and O–H groups in total. The summed E-state index contributed by atoms with van der Waals surface area (Å²) in [6, 6.07) is 2.80. The summed E-state index contributed by atoms with van der Waals surface area (Å²) in [5, 5.41) is 9.11. The van der Waals surface area contributed by atoms with Gasteiger partial charge in [-0.1, -0.05) is 6.92 Å². The molecule has 0 radical (unpaired) electrons. The van der Waals surface area contributed by atoms with Crippen LogP contribution in [0.1, 0.15) is 22.8 Å². The Morgan fingerprint density at radius 1 is 1.40 bits per heavy atom. The van der Waals surface area contributed by atoms with Crippen LogP contribution in [0.25, 0.3) is 0 Å². The van der Waals surface area contributed by atoms with E-state index in [-0.39, 0.29) is 4.88 Å². The van der Waals surface area contributed by atoms with Gasteiger partial charge in [0.2, 0.25) is 0 Å². The Morgan fingerprint density at radius 3 is 2.40 bits per heavy atom. The molecule has 0 fully saturated rings. The van der Waals surface area contributed by atoms with E-state index in [2.05, 4.69) is 0 Å². The topological polar surface area (TPSA) is 20.2 Å². The van der Waals surface area contributed by atoms with Crippen LogP contribution in [0.5, 0.6) is 0 Å². The summed E-state index contributed by atoms with van der Waals surface area (Å²) in [7, 11) is 0. The van der Waals surface area contributed by atoms with Gasteiger partial charge >= 0.3 is 12.3 Å². The first-order chi connectivity index (χ1) is 6.89. The summed E-state index contributed by atoms with van der Waals surface area (Å²) in [6.45, 7) is 1.81. The minimum absolute atomic E-state index is 0.128. The summed E-state index contributed by atoms with van der Waals surface area (Å²) in [5.74, 6) is -4.39. The fourth-order valence-electron chi connectivity index (χ4n) is 1.04. The third-order valence-corrected chi connectivity index (χ3v) is 3.24. The third-order valence-electron chi connectivity index (χ3n) is 1.96. The van der Waals surface area contributed by atoms with Crippen molar-refractivity contribution < 1.29 is 22.7 Å². The molecule has 0 aliphatic heterocycles. The van der Waals surface area contributed by atoms with E-state index in [1.165, 1.54) is 6.07 Å². The van der Waals surface area contributed by atoms with Gasteiger partial charge in [-0.2, -0.15) is 8.78 Å². The van der Waals surface area contributed by atoms with E-state index in [0.29, 0.717) is 6.42 Å². The van der Waals surface area contributed by atoms with Crippen molar-refractivity contribution >= 4 is 11.3 Å². The summed E-state index contributed by atoms with van der Waals surface area (Å²) >= 11 is 0.922. The molecule has 1 heterocycles. The fourth-order valence-corrected chi connectivity index (χ4v) is 2.03. The van der Waals surface area contributed by atoms with E-state index in [4.69, 9.17) is 5.11 Å². The van der Waals surface area contributed by atoms with Gasteiger partial charge in [-0.05, 0) is 18.6 Å². The van der Waals surface area contributed by atoms with Gasteiger partial charge in [0.15, 0.2) is 6.10 Å². The highest BCUT2D eigenvalue weighted by Gasteiger charge is 2.49. The van der Waals surface area contributed by atoms with Crippen LogP contribution in [0, 0.1) is 0 Å². The molecule has 0 amide bonds. The molecule has 1 nitrogen and oxygen atoms in total. The van der Waals surface area contributed by atoms with E-state index in [0.717, 1.165) is 16.2 Å².